The lowest BCUT2D eigenvalue weighted by Crippen LogP contribution is -2.36. The van der Waals surface area contributed by atoms with Gasteiger partial charge in [-0.2, -0.15) is 0 Å². The summed E-state index contributed by atoms with van der Waals surface area (Å²) in [6.45, 7) is 0. The Morgan fingerprint density at radius 3 is 2.23 bits per heavy atom. The van der Waals surface area contributed by atoms with Gasteiger partial charge in [0, 0.05) is 20.0 Å². The summed E-state index contributed by atoms with van der Waals surface area (Å²) in [5, 5.41) is 2.54. The van der Waals surface area contributed by atoms with Crippen LogP contribution in [-0.2, 0) is 18.4 Å². The fraction of sp³-hybridized carbons (Fsp3) is 0.308. The summed E-state index contributed by atoms with van der Waals surface area (Å²) in [4.78, 5) is 11.8. The van der Waals surface area contributed by atoms with Crippen LogP contribution in [0.5, 0.6) is 0 Å². The van der Waals surface area contributed by atoms with Gasteiger partial charge in [-0.15, -0.1) is 0 Å². The second-order valence-corrected chi connectivity index (χ2v) is 8.50. The minimum atomic E-state index is -3.37. The highest BCUT2D eigenvalue weighted by Crippen LogP contribution is 2.48. The molecule has 122 valence electrons. The van der Waals surface area contributed by atoms with E-state index >= 15 is 0 Å². The van der Waals surface area contributed by atoms with Crippen molar-refractivity contribution in [1.29, 1.82) is 0 Å². The number of carbonyl (C=O) groups excluding carboxylic acids is 1. The third kappa shape index (κ3) is 5.92. The van der Waals surface area contributed by atoms with Crippen LogP contribution in [0.4, 0.5) is 0 Å². The molecule has 0 fully saturated rings. The molecule has 1 aromatic rings. The standard InChI is InChI=1S/C13H15Cl3NO4P/c1-20-22(19,21-2)9-8-11(10-6-4-3-5-7-10)17-12(18)13(14,15)16/h3-9,11H,1-2H3,(H,17,18)/b9-8+. The summed E-state index contributed by atoms with van der Waals surface area (Å²) in [5.74, 6) is 0.434. The lowest BCUT2D eigenvalue weighted by Gasteiger charge is -2.19. The van der Waals surface area contributed by atoms with Gasteiger partial charge in [-0.05, 0) is 11.6 Å². The van der Waals surface area contributed by atoms with Crippen molar-refractivity contribution in [2.45, 2.75) is 9.83 Å². The largest absolute Gasteiger partial charge is 0.353 e. The third-order valence-electron chi connectivity index (χ3n) is 2.67. The predicted octanol–water partition coefficient (Wildman–Crippen LogP) is 4.21. The van der Waals surface area contributed by atoms with E-state index in [0.29, 0.717) is 5.56 Å². The number of carbonyl (C=O) groups is 1. The molecule has 0 aliphatic rings. The number of benzene rings is 1. The molecule has 0 spiro atoms. The summed E-state index contributed by atoms with van der Waals surface area (Å²) >= 11 is 16.7. The molecule has 1 unspecified atom stereocenters. The molecule has 0 saturated carbocycles. The Balaban J connectivity index is 3.06. The third-order valence-corrected chi connectivity index (χ3v) is 4.74. The quantitative estimate of drug-likeness (QED) is 0.587. The number of halogens is 3. The van der Waals surface area contributed by atoms with E-state index in [1.165, 1.54) is 26.1 Å². The Hall–Kier alpha value is -0.550. The highest BCUT2D eigenvalue weighted by Gasteiger charge is 2.32. The highest BCUT2D eigenvalue weighted by molar-refractivity contribution is 7.57. The molecule has 0 heterocycles. The molecule has 22 heavy (non-hydrogen) atoms. The molecule has 1 N–H and O–H groups in total. The second kappa shape index (κ2) is 8.34. The number of nitrogens with one attached hydrogen (secondary N) is 1. The zero-order chi connectivity index (χ0) is 16.8. The van der Waals surface area contributed by atoms with Crippen molar-refractivity contribution >= 4 is 48.3 Å². The van der Waals surface area contributed by atoms with E-state index < -0.39 is 23.3 Å². The Morgan fingerprint density at radius 2 is 1.77 bits per heavy atom. The second-order valence-electron chi connectivity index (χ2n) is 4.11. The first-order valence-corrected chi connectivity index (χ1v) is 8.79. The zero-order valence-electron chi connectivity index (χ0n) is 11.8. The zero-order valence-corrected chi connectivity index (χ0v) is 15.0. The van der Waals surface area contributed by atoms with Crippen molar-refractivity contribution < 1.29 is 18.4 Å². The average molecular weight is 387 g/mol. The Kier molecular flexibility index (Phi) is 7.39. The highest BCUT2D eigenvalue weighted by atomic mass is 35.6. The maximum atomic E-state index is 12.0. The van der Waals surface area contributed by atoms with Gasteiger partial charge in [-0.1, -0.05) is 65.1 Å². The van der Waals surface area contributed by atoms with E-state index in [4.69, 9.17) is 43.9 Å². The van der Waals surface area contributed by atoms with Crippen molar-refractivity contribution in [2.24, 2.45) is 0 Å². The lowest BCUT2D eigenvalue weighted by atomic mass is 10.1. The number of hydrogen-bond donors (Lipinski definition) is 1. The smallest absolute Gasteiger partial charge is 0.342 e. The van der Waals surface area contributed by atoms with Gasteiger partial charge in [0.25, 0.3) is 9.70 Å². The van der Waals surface area contributed by atoms with Gasteiger partial charge in [-0.3, -0.25) is 9.36 Å². The molecular weight excluding hydrogens is 371 g/mol. The van der Waals surface area contributed by atoms with Crippen molar-refractivity contribution in [1.82, 2.24) is 5.32 Å². The molecule has 5 nitrogen and oxygen atoms in total. The van der Waals surface area contributed by atoms with Crippen LogP contribution in [0.3, 0.4) is 0 Å². The molecule has 0 aromatic heterocycles. The van der Waals surface area contributed by atoms with E-state index in [1.807, 2.05) is 6.07 Å². The van der Waals surface area contributed by atoms with Crippen LogP contribution >= 0.6 is 42.4 Å². The SMILES string of the molecule is COP(=O)(/C=C/C(NC(=O)C(Cl)(Cl)Cl)c1ccccc1)OC. The molecule has 1 rings (SSSR count). The van der Waals surface area contributed by atoms with Gasteiger partial charge in [0.1, 0.15) is 0 Å². The van der Waals surface area contributed by atoms with E-state index in [0.717, 1.165) is 0 Å². The van der Waals surface area contributed by atoms with Gasteiger partial charge in [-0.25, -0.2) is 0 Å². The first-order valence-electron chi connectivity index (χ1n) is 6.05. The summed E-state index contributed by atoms with van der Waals surface area (Å²) in [6.07, 6.45) is 1.46. The fourth-order valence-corrected chi connectivity index (χ4v) is 2.45. The molecule has 0 aliphatic carbocycles. The van der Waals surface area contributed by atoms with Gasteiger partial charge < -0.3 is 14.4 Å². The number of hydrogen-bond acceptors (Lipinski definition) is 4. The molecular formula is C13H15Cl3NO4P. The molecule has 0 aliphatic heterocycles. The van der Waals surface area contributed by atoms with Crippen molar-refractivity contribution in [3.63, 3.8) is 0 Å². The summed E-state index contributed by atoms with van der Waals surface area (Å²) < 4.78 is 19.5. The first kappa shape index (κ1) is 19.5. The first-order chi connectivity index (χ1) is 10.2. The Labute approximate surface area is 144 Å². The van der Waals surface area contributed by atoms with Crippen LogP contribution in [0.1, 0.15) is 11.6 Å². The molecule has 1 aromatic carbocycles. The van der Waals surface area contributed by atoms with Crippen LogP contribution in [0, 0.1) is 0 Å². The van der Waals surface area contributed by atoms with Gasteiger partial charge in [0.15, 0.2) is 0 Å². The minimum Gasteiger partial charge on any atom is -0.342 e. The van der Waals surface area contributed by atoms with E-state index in [1.54, 1.807) is 24.3 Å². The Bertz CT molecular complexity index is 566. The van der Waals surface area contributed by atoms with Crippen molar-refractivity contribution in [3.05, 3.63) is 47.8 Å². The normalized spacial score (nSPS) is 14.0. The number of alkyl halides is 3. The maximum absolute atomic E-state index is 12.0. The van der Waals surface area contributed by atoms with Crippen LogP contribution in [-0.4, -0.2) is 23.9 Å². The van der Waals surface area contributed by atoms with Crippen LogP contribution in [0.15, 0.2) is 42.2 Å². The molecule has 1 atom stereocenters. The predicted molar refractivity (Wildman–Crippen MR) is 88.4 cm³/mol. The summed E-state index contributed by atoms with van der Waals surface area (Å²) in [5.41, 5.74) is 0.708. The monoisotopic (exact) mass is 385 g/mol. The van der Waals surface area contributed by atoms with Crippen LogP contribution in [0.2, 0.25) is 0 Å². The molecule has 1 amide bonds. The number of rotatable bonds is 6. The van der Waals surface area contributed by atoms with Gasteiger partial charge >= 0.3 is 7.60 Å². The molecule has 0 radical (unpaired) electrons. The molecule has 0 bridgehead atoms. The van der Waals surface area contributed by atoms with Crippen LogP contribution < -0.4 is 5.32 Å². The van der Waals surface area contributed by atoms with E-state index in [-0.39, 0.29) is 0 Å². The molecule has 9 heteroatoms. The van der Waals surface area contributed by atoms with Crippen molar-refractivity contribution in [3.8, 4) is 0 Å². The number of amides is 1. The van der Waals surface area contributed by atoms with E-state index in [9.17, 15) is 9.36 Å². The summed E-state index contributed by atoms with van der Waals surface area (Å²) in [7, 11) is -0.858. The summed E-state index contributed by atoms with van der Waals surface area (Å²) in [6, 6.07) is 8.24. The molecule has 0 saturated heterocycles. The van der Waals surface area contributed by atoms with Gasteiger partial charge in [0.05, 0.1) is 6.04 Å². The van der Waals surface area contributed by atoms with Crippen LogP contribution in [0.25, 0.3) is 0 Å². The average Bonchev–Trinajstić information content (AvgIpc) is 2.50. The van der Waals surface area contributed by atoms with Gasteiger partial charge in [0.2, 0.25) is 0 Å². The Morgan fingerprint density at radius 1 is 1.23 bits per heavy atom. The van der Waals surface area contributed by atoms with E-state index in [2.05, 4.69) is 5.32 Å². The fourth-order valence-electron chi connectivity index (χ4n) is 1.51. The topological polar surface area (TPSA) is 64.6 Å². The lowest BCUT2D eigenvalue weighted by molar-refractivity contribution is -0.120. The van der Waals surface area contributed by atoms with Crippen molar-refractivity contribution in [2.75, 3.05) is 14.2 Å². The maximum Gasteiger partial charge on any atom is 0.353 e. The minimum absolute atomic E-state index is 0.664.